The third-order valence-corrected chi connectivity index (χ3v) is 5.71. The fourth-order valence-corrected chi connectivity index (χ4v) is 4.47. The number of carboxylic acids is 1. The first kappa shape index (κ1) is 18.2. The number of primary amides is 1. The number of tetrazole rings is 1. The van der Waals surface area contributed by atoms with E-state index in [1.54, 1.807) is 0 Å². The van der Waals surface area contributed by atoms with Crippen molar-refractivity contribution in [3.8, 4) is 0 Å². The molecule has 3 aliphatic heterocycles. The molecule has 0 aromatic carbocycles. The summed E-state index contributed by atoms with van der Waals surface area (Å²) >= 11 is 1.04. The van der Waals surface area contributed by atoms with Crippen molar-refractivity contribution in [2.75, 3.05) is 12.3 Å². The summed E-state index contributed by atoms with van der Waals surface area (Å²) in [7, 11) is 0. The number of aromatic nitrogens is 4. The summed E-state index contributed by atoms with van der Waals surface area (Å²) in [6.45, 7) is 1.33. The molecule has 2 saturated heterocycles. The van der Waals surface area contributed by atoms with E-state index in [-0.39, 0.29) is 41.4 Å². The van der Waals surface area contributed by atoms with Gasteiger partial charge in [0.05, 0.1) is 12.3 Å². The number of carboxylic acid groups (broad SMARTS) is 1. The van der Waals surface area contributed by atoms with Crippen LogP contribution in [-0.2, 0) is 30.5 Å². The van der Waals surface area contributed by atoms with Crippen LogP contribution < -0.4 is 5.73 Å². The number of β-lactam (4-membered cyclic amide) rings is 1. The third kappa shape index (κ3) is 2.67. The van der Waals surface area contributed by atoms with Crippen LogP contribution in [0, 0.1) is 0 Å². The molecular weight excluding hydrogens is 394 g/mol. The fourth-order valence-electron chi connectivity index (χ4n) is 3.66. The quantitative estimate of drug-likeness (QED) is 0.374. The van der Waals surface area contributed by atoms with Crippen LogP contribution >= 0.6 is 11.8 Å². The second kappa shape index (κ2) is 6.47. The Labute approximate surface area is 161 Å². The Balaban J connectivity index is 1.58. The minimum absolute atomic E-state index is 0.0124. The second-order valence-corrected chi connectivity index (χ2v) is 7.36. The molecule has 4 heterocycles. The number of amides is 3. The maximum absolute atomic E-state index is 12.5. The lowest BCUT2D eigenvalue weighted by Gasteiger charge is -2.49. The number of rotatable bonds is 6. The fraction of sp³-hybridized carbons (Fsp3) is 0.500. The molecule has 0 unspecified atom stereocenters. The Morgan fingerprint density at radius 2 is 2.14 bits per heavy atom. The highest BCUT2D eigenvalue weighted by molar-refractivity contribution is 7.99. The molecule has 1 aromatic rings. The molecule has 3 aliphatic rings. The second-order valence-electron chi connectivity index (χ2n) is 6.42. The van der Waals surface area contributed by atoms with E-state index >= 15 is 0 Å². The normalized spacial score (nSPS) is 25.3. The Morgan fingerprint density at radius 1 is 1.39 bits per heavy atom. The lowest BCUT2D eigenvalue weighted by Crippen LogP contribution is -2.70. The Kier molecular flexibility index (Phi) is 4.21. The van der Waals surface area contributed by atoms with Crippen molar-refractivity contribution >= 4 is 35.5 Å². The van der Waals surface area contributed by atoms with Gasteiger partial charge < -0.3 is 20.5 Å². The number of nitrogens with zero attached hydrogens (tertiary/aromatic N) is 6. The summed E-state index contributed by atoms with van der Waals surface area (Å²) in [6.07, 6.45) is -0.507. The third-order valence-electron chi connectivity index (χ3n) is 4.75. The van der Waals surface area contributed by atoms with Crippen LogP contribution in [0.2, 0.25) is 0 Å². The molecule has 0 spiro atoms. The number of aliphatic carboxylic acids is 1. The van der Waals surface area contributed by atoms with Crippen molar-refractivity contribution in [3.63, 3.8) is 0 Å². The highest BCUT2D eigenvalue weighted by atomic mass is 32.2. The van der Waals surface area contributed by atoms with Gasteiger partial charge in [0.2, 0.25) is 17.0 Å². The number of hydrogen-bond acceptors (Lipinski definition) is 9. The van der Waals surface area contributed by atoms with Crippen molar-refractivity contribution < 1.29 is 29.0 Å². The largest absolute Gasteiger partial charge is 0.487 e. The number of carbonyl (C=O) groups is 4. The minimum atomic E-state index is -1.31. The Hall–Kier alpha value is -3.16. The van der Waals surface area contributed by atoms with Gasteiger partial charge in [-0.2, -0.15) is 0 Å². The zero-order valence-electron chi connectivity index (χ0n) is 14.5. The van der Waals surface area contributed by atoms with Crippen molar-refractivity contribution in [2.45, 2.75) is 36.8 Å². The van der Waals surface area contributed by atoms with Gasteiger partial charge in [0, 0.05) is 6.92 Å². The Morgan fingerprint density at radius 3 is 2.79 bits per heavy atom. The van der Waals surface area contributed by atoms with E-state index in [0.717, 1.165) is 11.8 Å². The van der Waals surface area contributed by atoms with E-state index in [1.807, 2.05) is 0 Å². The SMILES string of the molecule is CC(=O)N1C[C@H]2OC(CSc3nnnn3CC(N)=O)=C(C(=O)O)N3C(=O)[C@@H]1[C@@H]23. The molecule has 13 nitrogen and oxygen atoms in total. The van der Waals surface area contributed by atoms with Crippen LogP contribution in [0.4, 0.5) is 0 Å². The summed E-state index contributed by atoms with van der Waals surface area (Å²) in [5.74, 6) is -2.57. The summed E-state index contributed by atoms with van der Waals surface area (Å²) < 4.78 is 7.03. The van der Waals surface area contributed by atoms with Crippen LogP contribution in [0.1, 0.15) is 6.92 Å². The molecule has 0 radical (unpaired) electrons. The van der Waals surface area contributed by atoms with Crippen molar-refractivity contribution in [3.05, 3.63) is 11.5 Å². The van der Waals surface area contributed by atoms with Gasteiger partial charge >= 0.3 is 5.97 Å². The summed E-state index contributed by atoms with van der Waals surface area (Å²) in [5.41, 5.74) is 4.88. The van der Waals surface area contributed by atoms with Crippen LogP contribution in [0.5, 0.6) is 0 Å². The molecule has 3 N–H and O–H groups in total. The number of ether oxygens (including phenoxy) is 1. The van der Waals surface area contributed by atoms with E-state index in [0.29, 0.717) is 0 Å². The van der Waals surface area contributed by atoms with Gasteiger partial charge in [-0.05, 0) is 10.4 Å². The van der Waals surface area contributed by atoms with Crippen molar-refractivity contribution in [1.29, 1.82) is 0 Å². The van der Waals surface area contributed by atoms with E-state index in [1.165, 1.54) is 21.4 Å². The highest BCUT2D eigenvalue weighted by Crippen LogP contribution is 2.44. The van der Waals surface area contributed by atoms with Crippen molar-refractivity contribution in [2.24, 2.45) is 5.73 Å². The zero-order valence-corrected chi connectivity index (χ0v) is 15.3. The number of carbonyl (C=O) groups excluding carboxylic acids is 3. The van der Waals surface area contributed by atoms with Gasteiger partial charge in [0.1, 0.15) is 30.5 Å². The van der Waals surface area contributed by atoms with E-state index in [9.17, 15) is 24.3 Å². The van der Waals surface area contributed by atoms with Crippen LogP contribution in [-0.4, -0.2) is 89.3 Å². The molecule has 28 heavy (non-hydrogen) atoms. The number of hydrogen-bond donors (Lipinski definition) is 2. The van der Waals surface area contributed by atoms with Gasteiger partial charge in [-0.1, -0.05) is 11.8 Å². The standard InChI is InChI=1S/C14H15N7O6S/c1-5(22)19-2-6-9-11(19)12(24)21(9)10(13(25)26)7(27-6)4-28-14-16-17-18-20(14)3-8(15)23/h6,9,11H,2-4H2,1H3,(H2,15,23)(H,25,26)/t6-,9-,11+/m1/s1. The molecule has 3 amide bonds. The molecular formula is C14H15N7O6S. The molecule has 3 atom stereocenters. The maximum atomic E-state index is 12.5. The summed E-state index contributed by atoms with van der Waals surface area (Å²) in [6, 6.07) is -1.19. The van der Waals surface area contributed by atoms with Crippen LogP contribution in [0.3, 0.4) is 0 Å². The molecule has 14 heteroatoms. The summed E-state index contributed by atoms with van der Waals surface area (Å²) in [4.78, 5) is 49.7. The highest BCUT2D eigenvalue weighted by Gasteiger charge is 2.65. The van der Waals surface area contributed by atoms with E-state index in [4.69, 9.17) is 10.5 Å². The first-order valence-electron chi connectivity index (χ1n) is 8.20. The van der Waals surface area contributed by atoms with Gasteiger partial charge in [0.15, 0.2) is 5.70 Å². The predicted molar refractivity (Wildman–Crippen MR) is 89.1 cm³/mol. The van der Waals surface area contributed by atoms with E-state index in [2.05, 4.69) is 15.5 Å². The molecule has 0 bridgehead atoms. The molecule has 1 aromatic heterocycles. The monoisotopic (exact) mass is 409 g/mol. The first-order chi connectivity index (χ1) is 13.3. The number of likely N-dealkylation sites (tertiary alicyclic amines) is 1. The molecule has 0 aliphatic carbocycles. The average molecular weight is 409 g/mol. The first-order valence-corrected chi connectivity index (χ1v) is 9.18. The van der Waals surface area contributed by atoms with Crippen LogP contribution in [0.15, 0.2) is 16.6 Å². The molecule has 0 saturated carbocycles. The average Bonchev–Trinajstić information content (AvgIpc) is 3.20. The maximum Gasteiger partial charge on any atom is 0.356 e. The Bertz CT molecular complexity index is 929. The number of nitrogens with two attached hydrogens (primary N) is 1. The molecule has 2 fully saturated rings. The van der Waals surface area contributed by atoms with Gasteiger partial charge in [-0.15, -0.1) is 5.10 Å². The topological polar surface area (TPSA) is 174 Å². The van der Waals surface area contributed by atoms with Gasteiger partial charge in [0.25, 0.3) is 5.91 Å². The lowest BCUT2D eigenvalue weighted by atomic mass is 9.91. The molecule has 148 valence electrons. The van der Waals surface area contributed by atoms with E-state index < -0.39 is 36.0 Å². The molecule has 4 rings (SSSR count). The van der Waals surface area contributed by atoms with Gasteiger partial charge in [-0.3, -0.25) is 19.3 Å². The lowest BCUT2D eigenvalue weighted by molar-refractivity contribution is -0.163. The van der Waals surface area contributed by atoms with Crippen molar-refractivity contribution in [1.82, 2.24) is 30.0 Å². The smallest absolute Gasteiger partial charge is 0.356 e. The van der Waals surface area contributed by atoms with Crippen LogP contribution in [0.25, 0.3) is 0 Å². The number of thioether (sulfide) groups is 1. The minimum Gasteiger partial charge on any atom is -0.487 e. The summed E-state index contributed by atoms with van der Waals surface area (Å²) in [5, 5.41) is 20.7. The van der Waals surface area contributed by atoms with Gasteiger partial charge in [-0.25, -0.2) is 9.48 Å². The zero-order chi connectivity index (χ0) is 20.2. The predicted octanol–water partition coefficient (Wildman–Crippen LogP) is -2.61.